The van der Waals surface area contributed by atoms with E-state index in [4.69, 9.17) is 12.2 Å². The first-order valence-corrected chi connectivity index (χ1v) is 11.1. The molecule has 1 aromatic carbocycles. The van der Waals surface area contributed by atoms with Gasteiger partial charge in [-0.3, -0.25) is 25.2 Å². The standard InChI is InChI=1S/C20H24N6O3S2/c1-12(27)21-20-26-24-18(31-20)15-8-7-14(9-15)11-17(29)23-25-19(30)22-16(28)10-13-5-3-2-4-6-13/h2-6,14-15H,7-11H2,1H3,(H,23,29)(H,21,26,27)(H2,22,25,28,30)/t14-,15?/m1/s1. The summed E-state index contributed by atoms with van der Waals surface area (Å²) in [6.07, 6.45) is 3.22. The lowest BCUT2D eigenvalue weighted by Gasteiger charge is -2.13. The van der Waals surface area contributed by atoms with Crippen LogP contribution in [0.3, 0.4) is 0 Å². The Bertz CT molecular complexity index is 949. The van der Waals surface area contributed by atoms with E-state index in [2.05, 4.69) is 31.7 Å². The Labute approximate surface area is 189 Å². The van der Waals surface area contributed by atoms with Crippen molar-refractivity contribution < 1.29 is 14.4 Å². The van der Waals surface area contributed by atoms with E-state index in [1.54, 1.807) is 0 Å². The number of benzene rings is 1. The molecule has 0 spiro atoms. The van der Waals surface area contributed by atoms with Crippen molar-refractivity contribution in [3.05, 3.63) is 40.9 Å². The molecule has 9 nitrogen and oxygen atoms in total. The van der Waals surface area contributed by atoms with Crippen LogP contribution in [0, 0.1) is 5.92 Å². The number of rotatable bonds is 6. The van der Waals surface area contributed by atoms with Gasteiger partial charge in [0.25, 0.3) is 0 Å². The van der Waals surface area contributed by atoms with Crippen LogP contribution in [0.25, 0.3) is 0 Å². The molecule has 31 heavy (non-hydrogen) atoms. The molecule has 11 heteroatoms. The molecule has 1 aromatic heterocycles. The smallest absolute Gasteiger partial charge is 0.238 e. The predicted molar refractivity (Wildman–Crippen MR) is 121 cm³/mol. The molecule has 4 N–H and O–H groups in total. The molecule has 0 saturated heterocycles. The van der Waals surface area contributed by atoms with E-state index < -0.39 is 0 Å². The van der Waals surface area contributed by atoms with Gasteiger partial charge < -0.3 is 10.6 Å². The van der Waals surface area contributed by atoms with Crippen molar-refractivity contribution in [2.24, 2.45) is 5.92 Å². The minimum atomic E-state index is -0.257. The van der Waals surface area contributed by atoms with E-state index in [1.807, 2.05) is 30.3 Å². The van der Waals surface area contributed by atoms with E-state index in [0.29, 0.717) is 11.6 Å². The van der Waals surface area contributed by atoms with Gasteiger partial charge in [-0.05, 0) is 43.0 Å². The molecule has 0 aliphatic heterocycles. The van der Waals surface area contributed by atoms with Crippen molar-refractivity contribution in [1.29, 1.82) is 0 Å². The molecule has 164 valence electrons. The zero-order valence-corrected chi connectivity index (χ0v) is 18.6. The lowest BCUT2D eigenvalue weighted by molar-refractivity contribution is -0.123. The molecule has 0 radical (unpaired) electrons. The zero-order chi connectivity index (χ0) is 22.2. The number of aromatic nitrogens is 2. The summed E-state index contributed by atoms with van der Waals surface area (Å²) in [5.41, 5.74) is 6.00. The van der Waals surface area contributed by atoms with E-state index >= 15 is 0 Å². The van der Waals surface area contributed by atoms with Crippen LogP contribution >= 0.6 is 23.6 Å². The number of hydrazine groups is 1. The van der Waals surface area contributed by atoms with E-state index in [-0.39, 0.29) is 41.1 Å². The molecular formula is C20H24N6O3S2. The van der Waals surface area contributed by atoms with Gasteiger partial charge in [0, 0.05) is 19.3 Å². The highest BCUT2D eigenvalue weighted by atomic mass is 32.1. The second-order valence-electron chi connectivity index (χ2n) is 7.42. The van der Waals surface area contributed by atoms with Crippen LogP contribution < -0.4 is 21.5 Å². The van der Waals surface area contributed by atoms with Crippen molar-refractivity contribution in [2.45, 2.75) is 44.9 Å². The molecule has 1 heterocycles. The van der Waals surface area contributed by atoms with Gasteiger partial charge in [-0.25, -0.2) is 0 Å². The topological polar surface area (TPSA) is 125 Å². The third kappa shape index (κ3) is 7.37. The van der Waals surface area contributed by atoms with Crippen LogP contribution in [0.2, 0.25) is 0 Å². The molecule has 1 aliphatic carbocycles. The number of carbonyl (C=O) groups is 3. The van der Waals surface area contributed by atoms with Gasteiger partial charge in [-0.15, -0.1) is 10.2 Å². The van der Waals surface area contributed by atoms with Gasteiger partial charge in [-0.2, -0.15) is 0 Å². The van der Waals surface area contributed by atoms with Gasteiger partial charge in [-0.1, -0.05) is 41.7 Å². The quantitative estimate of drug-likeness (QED) is 0.384. The van der Waals surface area contributed by atoms with E-state index in [0.717, 1.165) is 29.8 Å². The van der Waals surface area contributed by atoms with Crippen LogP contribution in [-0.2, 0) is 20.8 Å². The van der Waals surface area contributed by atoms with Crippen LogP contribution in [0.1, 0.15) is 49.1 Å². The molecule has 0 bridgehead atoms. The first-order chi connectivity index (χ1) is 14.9. The SMILES string of the molecule is CC(=O)Nc1nnc(C2CC[C@@H](CC(=O)NNC(=S)NC(=O)Cc3ccccc3)C2)s1. The molecule has 2 atom stereocenters. The number of carbonyl (C=O) groups excluding carboxylic acids is 3. The number of hydrogen-bond acceptors (Lipinski definition) is 7. The highest BCUT2D eigenvalue weighted by molar-refractivity contribution is 7.80. The van der Waals surface area contributed by atoms with Crippen LogP contribution in [-0.4, -0.2) is 33.0 Å². The Morgan fingerprint density at radius 1 is 1.10 bits per heavy atom. The van der Waals surface area contributed by atoms with Crippen molar-refractivity contribution >= 4 is 51.5 Å². The number of thiocarbonyl (C=S) groups is 1. The van der Waals surface area contributed by atoms with Crippen molar-refractivity contribution in [2.75, 3.05) is 5.32 Å². The normalized spacial score (nSPS) is 17.6. The summed E-state index contributed by atoms with van der Waals surface area (Å²) in [6, 6.07) is 9.32. The number of amides is 3. The monoisotopic (exact) mass is 460 g/mol. The van der Waals surface area contributed by atoms with Crippen LogP contribution in [0.15, 0.2) is 30.3 Å². The van der Waals surface area contributed by atoms with Crippen LogP contribution in [0.4, 0.5) is 5.13 Å². The summed E-state index contributed by atoms with van der Waals surface area (Å²) < 4.78 is 0. The molecule has 1 aliphatic rings. The van der Waals surface area contributed by atoms with Gasteiger partial charge in [0.05, 0.1) is 6.42 Å². The Morgan fingerprint density at radius 2 is 1.87 bits per heavy atom. The van der Waals surface area contributed by atoms with Gasteiger partial charge >= 0.3 is 0 Å². The first kappa shape index (κ1) is 22.8. The Balaban J connectivity index is 1.36. The summed E-state index contributed by atoms with van der Waals surface area (Å²) in [6.45, 7) is 1.43. The van der Waals surface area contributed by atoms with Crippen molar-refractivity contribution in [3.8, 4) is 0 Å². The fourth-order valence-corrected chi connectivity index (χ4v) is 4.61. The zero-order valence-electron chi connectivity index (χ0n) is 17.0. The lowest BCUT2D eigenvalue weighted by Crippen LogP contribution is -2.49. The summed E-state index contributed by atoms with van der Waals surface area (Å²) in [7, 11) is 0. The minimum Gasteiger partial charge on any atom is -0.302 e. The van der Waals surface area contributed by atoms with Gasteiger partial charge in [0.15, 0.2) is 5.11 Å². The summed E-state index contributed by atoms with van der Waals surface area (Å²) >= 11 is 6.44. The summed E-state index contributed by atoms with van der Waals surface area (Å²) in [4.78, 5) is 35.3. The Kier molecular flexibility index (Phi) is 8.01. The number of nitrogens with one attached hydrogen (secondary N) is 4. The van der Waals surface area contributed by atoms with Crippen molar-refractivity contribution in [3.63, 3.8) is 0 Å². The Morgan fingerprint density at radius 3 is 2.61 bits per heavy atom. The number of anilines is 1. The Hall–Kier alpha value is -2.92. The fourth-order valence-electron chi connectivity index (χ4n) is 3.51. The highest BCUT2D eigenvalue weighted by Gasteiger charge is 2.30. The summed E-state index contributed by atoms with van der Waals surface area (Å²) in [5.74, 6) is -0.163. The average Bonchev–Trinajstić information content (AvgIpc) is 3.36. The second-order valence-corrected chi connectivity index (χ2v) is 8.84. The van der Waals surface area contributed by atoms with Crippen LogP contribution in [0.5, 0.6) is 0 Å². The lowest BCUT2D eigenvalue weighted by atomic mass is 10.0. The third-order valence-corrected chi connectivity index (χ3v) is 6.07. The maximum atomic E-state index is 12.2. The molecule has 3 amide bonds. The summed E-state index contributed by atoms with van der Waals surface area (Å²) in [5, 5.41) is 14.8. The molecule has 1 fully saturated rings. The third-order valence-electron chi connectivity index (χ3n) is 4.86. The van der Waals surface area contributed by atoms with E-state index in [9.17, 15) is 14.4 Å². The first-order valence-electron chi connectivity index (χ1n) is 9.92. The highest BCUT2D eigenvalue weighted by Crippen LogP contribution is 2.41. The largest absolute Gasteiger partial charge is 0.302 e. The molecule has 1 unspecified atom stereocenters. The van der Waals surface area contributed by atoms with Crippen molar-refractivity contribution in [1.82, 2.24) is 26.4 Å². The molecule has 3 rings (SSSR count). The fraction of sp³-hybridized carbons (Fsp3) is 0.400. The molecular weight excluding hydrogens is 436 g/mol. The van der Waals surface area contributed by atoms with Gasteiger partial charge in [0.2, 0.25) is 22.9 Å². The predicted octanol–water partition coefficient (Wildman–Crippen LogP) is 2.03. The minimum absolute atomic E-state index is 0.0536. The number of nitrogens with zero attached hydrogens (tertiary/aromatic N) is 2. The molecule has 2 aromatic rings. The number of hydrogen-bond donors (Lipinski definition) is 4. The molecule has 1 saturated carbocycles. The van der Waals surface area contributed by atoms with Gasteiger partial charge in [0.1, 0.15) is 5.01 Å². The maximum Gasteiger partial charge on any atom is 0.238 e. The maximum absolute atomic E-state index is 12.2. The second kappa shape index (κ2) is 10.9. The average molecular weight is 461 g/mol. The van der Waals surface area contributed by atoms with E-state index in [1.165, 1.54) is 18.3 Å².